The van der Waals surface area contributed by atoms with Crippen molar-refractivity contribution in [2.45, 2.75) is 39.8 Å². The molecule has 0 fully saturated rings. The van der Waals surface area contributed by atoms with Gasteiger partial charge in [-0.1, -0.05) is 44.5 Å². The predicted molar refractivity (Wildman–Crippen MR) is 86.4 cm³/mol. The molecule has 2 aromatic rings. The smallest absolute Gasteiger partial charge is 0.138 e. The van der Waals surface area contributed by atoms with E-state index in [-0.39, 0.29) is 6.04 Å². The van der Waals surface area contributed by atoms with Gasteiger partial charge in [-0.25, -0.2) is 9.67 Å². The quantitative estimate of drug-likeness (QED) is 0.851. The van der Waals surface area contributed by atoms with Gasteiger partial charge >= 0.3 is 0 Å². The van der Waals surface area contributed by atoms with E-state index in [2.05, 4.69) is 42.2 Å². The highest BCUT2D eigenvalue weighted by Crippen LogP contribution is 2.21. The van der Waals surface area contributed by atoms with E-state index < -0.39 is 0 Å². The standard InChI is InChI=1S/C16H23ClN4/c1-4-18-15(13-6-5-7-14(17)8-13)9-16-19-11-20-21(16)10-12(2)3/h5-8,11-12,15,18H,4,9-10H2,1-3H3. The summed E-state index contributed by atoms with van der Waals surface area (Å²) in [6, 6.07) is 8.19. The number of likely N-dealkylation sites (N-methyl/N-ethyl adjacent to an activating group) is 1. The first-order chi connectivity index (χ1) is 10.1. The van der Waals surface area contributed by atoms with Crippen LogP contribution in [0.2, 0.25) is 5.02 Å². The third-order valence-electron chi connectivity index (χ3n) is 3.32. The second kappa shape index (κ2) is 7.57. The van der Waals surface area contributed by atoms with Gasteiger partial charge in [0.15, 0.2) is 0 Å². The zero-order valence-electron chi connectivity index (χ0n) is 12.9. The molecular formula is C16H23ClN4. The van der Waals surface area contributed by atoms with Gasteiger partial charge in [0.05, 0.1) is 0 Å². The van der Waals surface area contributed by atoms with Gasteiger partial charge in [-0.3, -0.25) is 0 Å². The number of halogens is 1. The maximum Gasteiger partial charge on any atom is 0.138 e. The van der Waals surface area contributed by atoms with Crippen molar-refractivity contribution in [1.29, 1.82) is 0 Å². The first kappa shape index (κ1) is 16.0. The van der Waals surface area contributed by atoms with Gasteiger partial charge in [-0.15, -0.1) is 0 Å². The molecule has 5 heteroatoms. The number of hydrogen-bond donors (Lipinski definition) is 1. The molecule has 0 saturated carbocycles. The molecule has 1 aromatic carbocycles. The molecule has 0 spiro atoms. The topological polar surface area (TPSA) is 42.7 Å². The zero-order valence-corrected chi connectivity index (χ0v) is 13.6. The summed E-state index contributed by atoms with van der Waals surface area (Å²) >= 11 is 6.11. The van der Waals surface area contributed by atoms with Crippen molar-refractivity contribution in [1.82, 2.24) is 20.1 Å². The van der Waals surface area contributed by atoms with Crippen molar-refractivity contribution in [3.8, 4) is 0 Å². The molecule has 1 atom stereocenters. The van der Waals surface area contributed by atoms with E-state index in [9.17, 15) is 0 Å². The molecule has 1 unspecified atom stereocenters. The Kier molecular flexibility index (Phi) is 5.76. The van der Waals surface area contributed by atoms with Crippen LogP contribution in [-0.4, -0.2) is 21.3 Å². The van der Waals surface area contributed by atoms with Crippen molar-refractivity contribution in [2.75, 3.05) is 6.54 Å². The Morgan fingerprint density at radius 1 is 1.33 bits per heavy atom. The minimum atomic E-state index is 0.198. The molecule has 114 valence electrons. The third-order valence-corrected chi connectivity index (χ3v) is 3.56. The van der Waals surface area contributed by atoms with Crippen molar-refractivity contribution in [3.63, 3.8) is 0 Å². The Labute approximate surface area is 131 Å². The molecule has 1 aromatic heterocycles. The number of rotatable bonds is 7. The summed E-state index contributed by atoms with van der Waals surface area (Å²) in [6.07, 6.45) is 2.44. The molecule has 2 rings (SSSR count). The second-order valence-electron chi connectivity index (χ2n) is 5.62. The van der Waals surface area contributed by atoms with E-state index >= 15 is 0 Å². The van der Waals surface area contributed by atoms with E-state index in [0.717, 1.165) is 30.4 Å². The van der Waals surface area contributed by atoms with Crippen LogP contribution in [-0.2, 0) is 13.0 Å². The van der Waals surface area contributed by atoms with Crippen LogP contribution in [0.15, 0.2) is 30.6 Å². The number of nitrogens with zero attached hydrogens (tertiary/aromatic N) is 3. The molecule has 0 radical (unpaired) electrons. The van der Waals surface area contributed by atoms with Crippen LogP contribution in [0.1, 0.15) is 38.2 Å². The molecule has 1 N–H and O–H groups in total. The number of nitrogens with one attached hydrogen (secondary N) is 1. The van der Waals surface area contributed by atoms with Gasteiger partial charge in [0, 0.05) is 24.0 Å². The van der Waals surface area contributed by atoms with E-state index in [4.69, 9.17) is 11.6 Å². The van der Waals surface area contributed by atoms with Gasteiger partial charge in [0.1, 0.15) is 12.2 Å². The summed E-state index contributed by atoms with van der Waals surface area (Å²) in [5, 5.41) is 8.60. The van der Waals surface area contributed by atoms with Crippen LogP contribution in [0.5, 0.6) is 0 Å². The van der Waals surface area contributed by atoms with Gasteiger partial charge in [0.2, 0.25) is 0 Å². The molecule has 0 aliphatic carbocycles. The summed E-state index contributed by atoms with van der Waals surface area (Å²) in [6.45, 7) is 8.27. The Hall–Kier alpha value is -1.39. The minimum Gasteiger partial charge on any atom is -0.310 e. The zero-order chi connectivity index (χ0) is 15.2. The minimum absolute atomic E-state index is 0.198. The summed E-state index contributed by atoms with van der Waals surface area (Å²) in [5.74, 6) is 1.56. The predicted octanol–water partition coefficient (Wildman–Crippen LogP) is 3.48. The lowest BCUT2D eigenvalue weighted by Crippen LogP contribution is -2.25. The highest BCUT2D eigenvalue weighted by atomic mass is 35.5. The highest BCUT2D eigenvalue weighted by molar-refractivity contribution is 6.30. The molecule has 0 saturated heterocycles. The normalized spacial score (nSPS) is 12.8. The lowest BCUT2D eigenvalue weighted by Gasteiger charge is -2.19. The molecule has 4 nitrogen and oxygen atoms in total. The van der Waals surface area contributed by atoms with E-state index in [1.165, 1.54) is 5.56 Å². The van der Waals surface area contributed by atoms with E-state index in [1.54, 1.807) is 6.33 Å². The van der Waals surface area contributed by atoms with Crippen LogP contribution in [0.4, 0.5) is 0 Å². The third kappa shape index (κ3) is 4.55. The fraction of sp³-hybridized carbons (Fsp3) is 0.500. The van der Waals surface area contributed by atoms with Crippen LogP contribution >= 0.6 is 11.6 Å². The maximum absolute atomic E-state index is 6.11. The van der Waals surface area contributed by atoms with E-state index in [0.29, 0.717) is 5.92 Å². The van der Waals surface area contributed by atoms with Crippen LogP contribution in [0.25, 0.3) is 0 Å². The fourth-order valence-electron chi connectivity index (χ4n) is 2.40. The van der Waals surface area contributed by atoms with Crippen molar-refractivity contribution in [2.24, 2.45) is 5.92 Å². The summed E-state index contributed by atoms with van der Waals surface area (Å²) in [4.78, 5) is 4.42. The van der Waals surface area contributed by atoms with Crippen molar-refractivity contribution in [3.05, 3.63) is 47.0 Å². The SMILES string of the molecule is CCNC(Cc1ncnn1CC(C)C)c1cccc(Cl)c1. The maximum atomic E-state index is 6.11. The molecule has 1 heterocycles. The molecule has 21 heavy (non-hydrogen) atoms. The Morgan fingerprint density at radius 2 is 2.14 bits per heavy atom. The highest BCUT2D eigenvalue weighted by Gasteiger charge is 2.16. The monoisotopic (exact) mass is 306 g/mol. The lowest BCUT2D eigenvalue weighted by atomic mass is 10.0. The Bertz CT molecular complexity index is 565. The lowest BCUT2D eigenvalue weighted by molar-refractivity contribution is 0.446. The summed E-state index contributed by atoms with van der Waals surface area (Å²) in [5.41, 5.74) is 1.18. The molecule has 0 aliphatic heterocycles. The van der Waals surface area contributed by atoms with Crippen LogP contribution < -0.4 is 5.32 Å². The first-order valence-corrected chi connectivity index (χ1v) is 7.83. The average molecular weight is 307 g/mol. The van der Waals surface area contributed by atoms with Gasteiger partial charge in [0.25, 0.3) is 0 Å². The van der Waals surface area contributed by atoms with Gasteiger partial charge in [-0.2, -0.15) is 5.10 Å². The van der Waals surface area contributed by atoms with Gasteiger partial charge in [-0.05, 0) is 30.2 Å². The number of hydrogen-bond acceptors (Lipinski definition) is 3. The van der Waals surface area contributed by atoms with Crippen LogP contribution in [0, 0.1) is 5.92 Å². The molecular weight excluding hydrogens is 284 g/mol. The summed E-state index contributed by atoms with van der Waals surface area (Å²) < 4.78 is 2.00. The van der Waals surface area contributed by atoms with Crippen LogP contribution in [0.3, 0.4) is 0 Å². The van der Waals surface area contributed by atoms with Gasteiger partial charge < -0.3 is 5.32 Å². The molecule has 0 amide bonds. The fourth-order valence-corrected chi connectivity index (χ4v) is 2.60. The largest absolute Gasteiger partial charge is 0.310 e. The average Bonchev–Trinajstić information content (AvgIpc) is 2.85. The first-order valence-electron chi connectivity index (χ1n) is 7.45. The van der Waals surface area contributed by atoms with Crippen molar-refractivity contribution < 1.29 is 0 Å². The Morgan fingerprint density at radius 3 is 2.81 bits per heavy atom. The Balaban J connectivity index is 2.18. The number of benzene rings is 1. The molecule has 0 aliphatic rings. The van der Waals surface area contributed by atoms with Crippen molar-refractivity contribution >= 4 is 11.6 Å². The van der Waals surface area contributed by atoms with E-state index in [1.807, 2.05) is 22.9 Å². The summed E-state index contributed by atoms with van der Waals surface area (Å²) in [7, 11) is 0. The second-order valence-corrected chi connectivity index (χ2v) is 6.06. The molecule has 0 bridgehead atoms. The number of aromatic nitrogens is 3.